The Morgan fingerprint density at radius 3 is 1.04 bits per heavy atom. The summed E-state index contributed by atoms with van der Waals surface area (Å²) >= 11 is 0. The first-order chi connectivity index (χ1) is 11.3. The Morgan fingerprint density at radius 2 is 0.792 bits per heavy atom. The Kier molecular flexibility index (Phi) is 12.1. The lowest BCUT2D eigenvalue weighted by Crippen LogP contribution is -2.01. The molecule has 0 saturated carbocycles. The Balaban J connectivity index is 3.44. The predicted octanol–water partition coefficient (Wildman–Crippen LogP) is 4.17. The number of nitrogens with zero attached hydrogens (tertiary/aromatic N) is 6. The fourth-order valence-electron chi connectivity index (χ4n) is 2.18. The molecule has 0 unspecified atom stereocenters. The minimum Gasteiger partial charge on any atom is -0.221 e. The van der Waals surface area contributed by atoms with Crippen molar-refractivity contribution in [1.29, 1.82) is 0 Å². The van der Waals surface area contributed by atoms with Gasteiger partial charge in [0.15, 0.2) is 0 Å². The van der Waals surface area contributed by atoms with E-state index in [1.165, 1.54) is 0 Å². The molecule has 0 aliphatic rings. The highest BCUT2D eigenvalue weighted by molar-refractivity contribution is 7.90. The molecular formula is C12H24N6O4S2. The maximum Gasteiger partial charge on any atom is 0.235 e. The van der Waals surface area contributed by atoms with E-state index in [9.17, 15) is 16.8 Å². The summed E-state index contributed by atoms with van der Waals surface area (Å²) in [5.74, 6) is -0.203. The van der Waals surface area contributed by atoms with Crippen LogP contribution in [0.5, 0.6) is 0 Å². The van der Waals surface area contributed by atoms with Gasteiger partial charge >= 0.3 is 0 Å². The molecule has 0 atom stereocenters. The Labute approximate surface area is 143 Å². The van der Waals surface area contributed by atoms with Crippen LogP contribution in [0.15, 0.2) is 9.04 Å². The lowest BCUT2D eigenvalue weighted by Gasteiger charge is -2.02. The minimum absolute atomic E-state index is 0.101. The smallest absolute Gasteiger partial charge is 0.221 e. The number of hydrogen-bond donors (Lipinski definition) is 0. The molecule has 0 rings (SSSR count). The maximum atomic E-state index is 11.1. The third-order valence-corrected chi connectivity index (χ3v) is 5.63. The zero-order valence-corrected chi connectivity index (χ0v) is 15.3. The lowest BCUT2D eigenvalue weighted by atomic mass is 10.1. The van der Waals surface area contributed by atoms with Crippen LogP contribution in [0.3, 0.4) is 0 Å². The van der Waals surface area contributed by atoms with Crippen molar-refractivity contribution in [1.82, 2.24) is 0 Å². The van der Waals surface area contributed by atoms with Crippen molar-refractivity contribution in [2.24, 2.45) is 9.04 Å². The van der Waals surface area contributed by atoms with E-state index in [4.69, 9.17) is 11.1 Å². The van der Waals surface area contributed by atoms with E-state index in [1.807, 2.05) is 0 Å². The normalized spacial score (nSPS) is 11.5. The Hall–Kier alpha value is -1.48. The van der Waals surface area contributed by atoms with Crippen molar-refractivity contribution in [3.05, 3.63) is 20.9 Å². The monoisotopic (exact) mass is 380 g/mol. The molecule has 0 radical (unpaired) electrons. The molecule has 138 valence electrons. The number of hydrogen-bond acceptors (Lipinski definition) is 4. The molecule has 0 bridgehead atoms. The Morgan fingerprint density at radius 1 is 0.542 bits per heavy atom. The van der Waals surface area contributed by atoms with Gasteiger partial charge in [0.1, 0.15) is 0 Å². The topological polar surface area (TPSA) is 166 Å². The first-order valence-corrected chi connectivity index (χ1v) is 11.1. The van der Waals surface area contributed by atoms with Gasteiger partial charge in [-0.1, -0.05) is 51.4 Å². The Bertz CT molecular complexity index is 591. The molecule has 0 amide bonds. The fourth-order valence-corrected chi connectivity index (χ4v) is 3.70. The van der Waals surface area contributed by atoms with E-state index >= 15 is 0 Å². The van der Waals surface area contributed by atoms with Crippen LogP contribution in [0.4, 0.5) is 0 Å². The van der Waals surface area contributed by atoms with Crippen LogP contribution >= 0.6 is 0 Å². The summed E-state index contributed by atoms with van der Waals surface area (Å²) in [6.07, 6.45) is 8.61. The second-order valence-corrected chi connectivity index (χ2v) is 8.92. The van der Waals surface area contributed by atoms with Gasteiger partial charge in [0.05, 0.1) is 11.5 Å². The number of unbranched alkanes of at least 4 members (excludes halogenated alkanes) is 9. The highest BCUT2D eigenvalue weighted by Crippen LogP contribution is 2.12. The first-order valence-electron chi connectivity index (χ1n) is 7.91. The summed E-state index contributed by atoms with van der Waals surface area (Å²) in [5.41, 5.74) is 16.1. The van der Waals surface area contributed by atoms with Gasteiger partial charge in [0.2, 0.25) is 20.0 Å². The molecule has 0 spiro atoms. The second-order valence-electron chi connectivity index (χ2n) is 5.45. The molecule has 0 aromatic heterocycles. The molecule has 0 heterocycles. The molecule has 0 aromatic carbocycles. The van der Waals surface area contributed by atoms with Crippen LogP contribution in [-0.4, -0.2) is 28.3 Å². The van der Waals surface area contributed by atoms with Gasteiger partial charge in [-0.3, -0.25) is 0 Å². The fraction of sp³-hybridized carbons (Fsp3) is 1.00. The number of sulfonamides is 2. The van der Waals surface area contributed by atoms with Crippen molar-refractivity contribution in [3.8, 4) is 0 Å². The van der Waals surface area contributed by atoms with Crippen molar-refractivity contribution in [2.45, 2.75) is 64.2 Å². The van der Waals surface area contributed by atoms with E-state index in [-0.39, 0.29) is 11.5 Å². The average molecular weight is 380 g/mol. The van der Waals surface area contributed by atoms with Gasteiger partial charge in [-0.2, -0.15) is 0 Å². The quantitative estimate of drug-likeness (QED) is 0.180. The molecule has 12 heteroatoms. The maximum absolute atomic E-state index is 11.1. The van der Waals surface area contributed by atoms with E-state index < -0.39 is 20.0 Å². The van der Waals surface area contributed by atoms with Crippen LogP contribution in [0.2, 0.25) is 0 Å². The van der Waals surface area contributed by atoms with E-state index in [1.54, 1.807) is 0 Å². The van der Waals surface area contributed by atoms with Gasteiger partial charge in [-0.05, 0) is 23.9 Å². The van der Waals surface area contributed by atoms with Crippen molar-refractivity contribution in [2.75, 3.05) is 11.5 Å². The summed E-state index contributed by atoms with van der Waals surface area (Å²) in [7, 11) is -7.23. The highest BCUT2D eigenvalue weighted by Gasteiger charge is 2.07. The first kappa shape index (κ1) is 22.5. The van der Waals surface area contributed by atoms with Gasteiger partial charge in [-0.25, -0.2) is 16.8 Å². The van der Waals surface area contributed by atoms with E-state index in [0.29, 0.717) is 12.8 Å². The summed E-state index contributed by atoms with van der Waals surface area (Å²) in [6.45, 7) is 0. The standard InChI is InChI=1S/C12H24N6O4S2/c13-15-17-23(19,20)11-9-7-5-3-1-2-4-6-8-10-12-24(21,22)18-16-14/h1-12H2. The van der Waals surface area contributed by atoms with E-state index in [0.717, 1.165) is 51.4 Å². The molecule has 0 fully saturated rings. The van der Waals surface area contributed by atoms with Crippen LogP contribution in [0.25, 0.3) is 20.9 Å². The number of rotatable bonds is 15. The SMILES string of the molecule is [N-]=[N+]=NS(=O)(=O)CCCCCCCCCCCCS(=O)(=O)N=[N+]=[N-]. The van der Waals surface area contributed by atoms with Crippen molar-refractivity contribution >= 4 is 20.0 Å². The van der Waals surface area contributed by atoms with Gasteiger partial charge in [0, 0.05) is 18.9 Å². The van der Waals surface area contributed by atoms with Crippen molar-refractivity contribution < 1.29 is 16.8 Å². The summed E-state index contributed by atoms with van der Waals surface area (Å²) in [5, 5.41) is 0. The average Bonchev–Trinajstić information content (AvgIpc) is 2.48. The summed E-state index contributed by atoms with van der Waals surface area (Å²) in [6, 6.07) is 0. The largest absolute Gasteiger partial charge is 0.235 e. The lowest BCUT2D eigenvalue weighted by molar-refractivity contribution is 0.554. The van der Waals surface area contributed by atoms with E-state index in [2.05, 4.69) is 18.9 Å². The van der Waals surface area contributed by atoms with Crippen LogP contribution in [-0.2, 0) is 20.0 Å². The minimum atomic E-state index is -3.62. The number of azide groups is 2. The van der Waals surface area contributed by atoms with Gasteiger partial charge in [-0.15, -0.1) is 0 Å². The van der Waals surface area contributed by atoms with Crippen LogP contribution in [0, 0.1) is 0 Å². The molecule has 0 saturated heterocycles. The molecule has 10 nitrogen and oxygen atoms in total. The molecule has 0 aliphatic carbocycles. The molecule has 0 N–H and O–H groups in total. The highest BCUT2D eigenvalue weighted by atomic mass is 32.2. The summed E-state index contributed by atoms with van der Waals surface area (Å²) in [4.78, 5) is 4.57. The van der Waals surface area contributed by atoms with Crippen LogP contribution < -0.4 is 0 Å². The zero-order chi connectivity index (χ0) is 18.3. The van der Waals surface area contributed by atoms with Gasteiger partial charge < -0.3 is 0 Å². The van der Waals surface area contributed by atoms with Gasteiger partial charge in [0.25, 0.3) is 0 Å². The molecule has 0 aliphatic heterocycles. The van der Waals surface area contributed by atoms with Crippen LogP contribution in [0.1, 0.15) is 64.2 Å². The van der Waals surface area contributed by atoms with Crippen molar-refractivity contribution in [3.63, 3.8) is 0 Å². The third kappa shape index (κ3) is 14.1. The zero-order valence-electron chi connectivity index (χ0n) is 13.6. The molecular weight excluding hydrogens is 356 g/mol. The predicted molar refractivity (Wildman–Crippen MR) is 92.0 cm³/mol. The third-order valence-electron chi connectivity index (χ3n) is 3.38. The molecule has 0 aromatic rings. The second kappa shape index (κ2) is 12.9. The summed E-state index contributed by atoms with van der Waals surface area (Å²) < 4.78 is 49.9. The molecule has 24 heavy (non-hydrogen) atoms.